The number of aromatic nitrogens is 2. The first-order valence-corrected chi connectivity index (χ1v) is 11.2. The number of ether oxygens (including phenoxy) is 1. The number of carbonyl (C=O) groups excluding carboxylic acids is 3. The summed E-state index contributed by atoms with van der Waals surface area (Å²) in [6, 6.07) is 18.2. The van der Waals surface area contributed by atoms with Crippen molar-refractivity contribution in [1.29, 1.82) is 0 Å². The van der Waals surface area contributed by atoms with E-state index in [1.807, 2.05) is 30.3 Å². The van der Waals surface area contributed by atoms with Gasteiger partial charge in [-0.15, -0.1) is 0 Å². The van der Waals surface area contributed by atoms with Crippen molar-refractivity contribution in [1.82, 2.24) is 20.2 Å². The summed E-state index contributed by atoms with van der Waals surface area (Å²) in [5.41, 5.74) is 1.80. The van der Waals surface area contributed by atoms with Gasteiger partial charge >= 0.3 is 5.97 Å². The standard InChI is InChI=1S/C27H24N4O5/c1-35-27(34)21-11-9-20(10-12-21)24(25(32)30-16-19-6-3-2-4-7-19)31(18-22-8-5-15-36-22)26(33)23-17-28-13-14-29-23/h2-15,17,24H,16,18H2,1H3,(H,30,32)/t24-/m1/s1. The number of nitrogens with zero attached hydrogens (tertiary/aromatic N) is 3. The summed E-state index contributed by atoms with van der Waals surface area (Å²) < 4.78 is 10.3. The van der Waals surface area contributed by atoms with Crippen LogP contribution >= 0.6 is 0 Å². The van der Waals surface area contributed by atoms with Gasteiger partial charge in [0, 0.05) is 18.9 Å². The van der Waals surface area contributed by atoms with Gasteiger partial charge in [-0.05, 0) is 35.4 Å². The van der Waals surface area contributed by atoms with Crippen LogP contribution in [0, 0.1) is 0 Å². The number of methoxy groups -OCH3 is 1. The van der Waals surface area contributed by atoms with E-state index in [4.69, 9.17) is 9.15 Å². The fourth-order valence-electron chi connectivity index (χ4n) is 3.68. The number of hydrogen-bond acceptors (Lipinski definition) is 7. The molecule has 9 nitrogen and oxygen atoms in total. The molecule has 2 aromatic carbocycles. The van der Waals surface area contributed by atoms with Crippen molar-refractivity contribution in [3.05, 3.63) is 120 Å². The lowest BCUT2D eigenvalue weighted by Crippen LogP contribution is -2.43. The lowest BCUT2D eigenvalue weighted by molar-refractivity contribution is -0.126. The van der Waals surface area contributed by atoms with Crippen LogP contribution < -0.4 is 5.32 Å². The number of benzene rings is 2. The van der Waals surface area contributed by atoms with E-state index in [0.717, 1.165) is 5.56 Å². The molecule has 2 heterocycles. The van der Waals surface area contributed by atoms with Gasteiger partial charge in [-0.3, -0.25) is 14.6 Å². The van der Waals surface area contributed by atoms with Gasteiger partial charge in [0.15, 0.2) is 0 Å². The van der Waals surface area contributed by atoms with Gasteiger partial charge in [-0.25, -0.2) is 9.78 Å². The summed E-state index contributed by atoms with van der Waals surface area (Å²) in [5.74, 6) is -0.932. The van der Waals surface area contributed by atoms with Crippen molar-refractivity contribution in [3.8, 4) is 0 Å². The molecule has 4 rings (SSSR count). The molecule has 0 aliphatic rings. The minimum Gasteiger partial charge on any atom is -0.467 e. The van der Waals surface area contributed by atoms with Crippen LogP contribution in [0.15, 0.2) is 96.0 Å². The van der Waals surface area contributed by atoms with Gasteiger partial charge in [0.1, 0.15) is 17.5 Å². The van der Waals surface area contributed by atoms with Crippen LogP contribution in [-0.4, -0.2) is 39.8 Å². The molecule has 4 aromatic rings. The van der Waals surface area contributed by atoms with E-state index in [1.54, 1.807) is 36.4 Å². The summed E-state index contributed by atoms with van der Waals surface area (Å²) in [5, 5.41) is 2.92. The Bertz CT molecular complexity index is 1290. The zero-order valence-electron chi connectivity index (χ0n) is 19.5. The molecule has 0 unspecified atom stereocenters. The second-order valence-electron chi connectivity index (χ2n) is 7.82. The monoisotopic (exact) mass is 484 g/mol. The molecule has 2 amide bonds. The predicted octanol–water partition coefficient (Wildman–Crippen LogP) is 3.56. The summed E-state index contributed by atoms with van der Waals surface area (Å²) in [6.45, 7) is 0.273. The van der Waals surface area contributed by atoms with Crippen LogP contribution in [0.3, 0.4) is 0 Å². The zero-order valence-corrected chi connectivity index (χ0v) is 19.5. The third-order valence-corrected chi connectivity index (χ3v) is 5.47. The van der Waals surface area contributed by atoms with Crippen molar-refractivity contribution >= 4 is 17.8 Å². The van der Waals surface area contributed by atoms with Gasteiger partial charge < -0.3 is 19.4 Å². The Morgan fingerprint density at radius 3 is 2.42 bits per heavy atom. The Balaban J connectivity index is 1.72. The molecule has 0 saturated heterocycles. The Labute approximate surface area is 207 Å². The van der Waals surface area contributed by atoms with Crippen LogP contribution in [-0.2, 0) is 22.6 Å². The van der Waals surface area contributed by atoms with E-state index < -0.39 is 23.8 Å². The maximum atomic E-state index is 13.6. The third kappa shape index (κ3) is 5.82. The van der Waals surface area contributed by atoms with E-state index in [9.17, 15) is 14.4 Å². The average Bonchev–Trinajstić information content (AvgIpc) is 3.45. The van der Waals surface area contributed by atoms with Crippen molar-refractivity contribution in [3.63, 3.8) is 0 Å². The van der Waals surface area contributed by atoms with Crippen molar-refractivity contribution in [2.24, 2.45) is 0 Å². The number of rotatable bonds is 9. The van der Waals surface area contributed by atoms with E-state index in [1.165, 1.54) is 36.9 Å². The molecule has 182 valence electrons. The maximum Gasteiger partial charge on any atom is 0.337 e. The van der Waals surface area contributed by atoms with Crippen LogP contribution in [0.5, 0.6) is 0 Å². The fraction of sp³-hybridized carbons (Fsp3) is 0.148. The van der Waals surface area contributed by atoms with Crippen molar-refractivity contribution < 1.29 is 23.5 Å². The molecule has 9 heteroatoms. The fourth-order valence-corrected chi connectivity index (χ4v) is 3.68. The zero-order chi connectivity index (χ0) is 25.3. The Kier molecular flexibility index (Phi) is 7.82. The molecule has 0 bridgehead atoms. The highest BCUT2D eigenvalue weighted by molar-refractivity contribution is 5.96. The topological polar surface area (TPSA) is 115 Å². The van der Waals surface area contributed by atoms with Crippen molar-refractivity contribution in [2.45, 2.75) is 19.1 Å². The number of nitrogens with one attached hydrogen (secondary N) is 1. The highest BCUT2D eigenvalue weighted by Crippen LogP contribution is 2.26. The molecular formula is C27H24N4O5. The Morgan fingerprint density at radius 2 is 1.78 bits per heavy atom. The van der Waals surface area contributed by atoms with Gasteiger partial charge in [-0.1, -0.05) is 42.5 Å². The normalized spacial score (nSPS) is 11.4. The van der Waals surface area contributed by atoms with E-state index in [0.29, 0.717) is 16.9 Å². The number of amides is 2. The molecule has 2 aromatic heterocycles. The summed E-state index contributed by atoms with van der Waals surface area (Å²) in [7, 11) is 1.29. The van der Waals surface area contributed by atoms with Gasteiger partial charge in [0.25, 0.3) is 5.91 Å². The summed E-state index contributed by atoms with van der Waals surface area (Å²) >= 11 is 0. The molecule has 1 atom stereocenters. The average molecular weight is 485 g/mol. The molecular weight excluding hydrogens is 460 g/mol. The van der Waals surface area contributed by atoms with Gasteiger partial charge in [0.05, 0.1) is 31.7 Å². The maximum absolute atomic E-state index is 13.6. The van der Waals surface area contributed by atoms with Crippen LogP contribution in [0.25, 0.3) is 0 Å². The van der Waals surface area contributed by atoms with Crippen molar-refractivity contribution in [2.75, 3.05) is 7.11 Å². The minimum atomic E-state index is -1.06. The molecule has 0 fully saturated rings. The summed E-state index contributed by atoms with van der Waals surface area (Å²) in [6.07, 6.45) is 5.71. The van der Waals surface area contributed by atoms with E-state index >= 15 is 0 Å². The van der Waals surface area contributed by atoms with Crippen LogP contribution in [0.1, 0.15) is 43.8 Å². The third-order valence-electron chi connectivity index (χ3n) is 5.47. The predicted molar refractivity (Wildman–Crippen MR) is 129 cm³/mol. The second-order valence-corrected chi connectivity index (χ2v) is 7.82. The highest BCUT2D eigenvalue weighted by Gasteiger charge is 2.33. The smallest absolute Gasteiger partial charge is 0.337 e. The molecule has 0 spiro atoms. The Morgan fingerprint density at radius 1 is 1.00 bits per heavy atom. The minimum absolute atomic E-state index is 0.00455. The largest absolute Gasteiger partial charge is 0.467 e. The summed E-state index contributed by atoms with van der Waals surface area (Å²) in [4.78, 5) is 48.7. The molecule has 0 aliphatic heterocycles. The molecule has 1 N–H and O–H groups in total. The lowest BCUT2D eigenvalue weighted by atomic mass is 10.0. The van der Waals surface area contributed by atoms with Crippen LogP contribution in [0.4, 0.5) is 0 Å². The number of hydrogen-bond donors (Lipinski definition) is 1. The molecule has 36 heavy (non-hydrogen) atoms. The van der Waals surface area contributed by atoms with E-state index in [-0.39, 0.29) is 18.8 Å². The molecule has 0 aliphatic carbocycles. The van der Waals surface area contributed by atoms with Gasteiger partial charge in [-0.2, -0.15) is 0 Å². The Hall–Kier alpha value is -4.79. The first-order valence-electron chi connectivity index (χ1n) is 11.2. The first kappa shape index (κ1) is 24.3. The quantitative estimate of drug-likeness (QED) is 0.361. The number of carbonyl (C=O) groups is 3. The first-order chi connectivity index (χ1) is 17.6. The SMILES string of the molecule is COC(=O)c1ccc([C@H](C(=O)NCc2ccccc2)N(Cc2ccco2)C(=O)c2cnccn2)cc1. The van der Waals surface area contributed by atoms with Gasteiger partial charge in [0.2, 0.25) is 5.91 Å². The van der Waals surface area contributed by atoms with Crippen LogP contribution in [0.2, 0.25) is 0 Å². The van der Waals surface area contributed by atoms with E-state index in [2.05, 4.69) is 15.3 Å². The molecule has 0 saturated carbocycles. The lowest BCUT2D eigenvalue weighted by Gasteiger charge is -2.30. The number of furan rings is 1. The number of esters is 1. The second kappa shape index (κ2) is 11.6. The molecule has 0 radical (unpaired) electrons. The highest BCUT2D eigenvalue weighted by atomic mass is 16.5.